The average Bonchev–Trinajstić information content (AvgIpc) is 3.38. The number of benzene rings is 1. The maximum atomic E-state index is 12.3. The molecule has 6 nitrogen and oxygen atoms in total. The zero-order chi connectivity index (χ0) is 21.5. The lowest BCUT2D eigenvalue weighted by molar-refractivity contribution is -0.119. The van der Waals surface area contributed by atoms with Crippen molar-refractivity contribution in [2.75, 3.05) is 6.61 Å². The number of unbranched alkanes of at least 4 members (excludes halogenated alkanes) is 2. The minimum atomic E-state index is -0.971. The highest BCUT2D eigenvalue weighted by Crippen LogP contribution is 2.32. The maximum Gasteiger partial charge on any atom is 0.345 e. The van der Waals surface area contributed by atoms with E-state index in [1.807, 2.05) is 24.3 Å². The van der Waals surface area contributed by atoms with Crippen LogP contribution in [0.15, 0.2) is 36.4 Å². The van der Waals surface area contributed by atoms with Crippen LogP contribution in [0.3, 0.4) is 0 Å². The molecule has 160 valence electrons. The first kappa shape index (κ1) is 22.2. The number of carboxylic acid groups (broad SMARTS) is 1. The fourth-order valence-corrected chi connectivity index (χ4v) is 4.41. The van der Waals surface area contributed by atoms with Crippen molar-refractivity contribution in [2.24, 2.45) is 0 Å². The monoisotopic (exact) mass is 429 g/mol. The highest BCUT2D eigenvalue weighted by molar-refractivity contribution is 7.14. The maximum absolute atomic E-state index is 12.3. The number of carbonyl (C=O) groups is 3. The summed E-state index contributed by atoms with van der Waals surface area (Å²) < 4.78 is 6.14. The summed E-state index contributed by atoms with van der Waals surface area (Å²) in [4.78, 5) is 36.1. The zero-order valence-corrected chi connectivity index (χ0v) is 17.9. The molecular weight excluding hydrogens is 402 g/mol. The predicted molar refractivity (Wildman–Crippen MR) is 115 cm³/mol. The van der Waals surface area contributed by atoms with E-state index in [1.165, 1.54) is 11.3 Å². The van der Waals surface area contributed by atoms with Gasteiger partial charge in [0.2, 0.25) is 5.91 Å². The standard InChI is InChI=1S/C23H27NO5S/c1-2-3-4-5-18(25)15-6-8-16(9-7-15)22(19-11-12-20(30-19)23(27)28)29-14-17-10-13-21(26)24-17/h6-9,11-12,17,22H,2-5,10,13-14H2,1H3,(H,24,26)(H,27,28). The van der Waals surface area contributed by atoms with E-state index in [0.29, 0.717) is 25.0 Å². The van der Waals surface area contributed by atoms with Gasteiger partial charge in [0.1, 0.15) is 11.0 Å². The van der Waals surface area contributed by atoms with Gasteiger partial charge in [0.25, 0.3) is 0 Å². The highest BCUT2D eigenvalue weighted by atomic mass is 32.1. The highest BCUT2D eigenvalue weighted by Gasteiger charge is 2.25. The second-order valence-corrected chi connectivity index (χ2v) is 8.64. The van der Waals surface area contributed by atoms with Crippen molar-refractivity contribution < 1.29 is 24.2 Å². The van der Waals surface area contributed by atoms with Crippen molar-refractivity contribution in [3.8, 4) is 0 Å². The van der Waals surface area contributed by atoms with Gasteiger partial charge in [-0.2, -0.15) is 0 Å². The molecule has 2 aromatic rings. The Morgan fingerprint density at radius 3 is 2.57 bits per heavy atom. The summed E-state index contributed by atoms with van der Waals surface area (Å²) in [5.74, 6) is -0.818. The lowest BCUT2D eigenvalue weighted by Gasteiger charge is -2.20. The first-order valence-electron chi connectivity index (χ1n) is 10.3. The molecule has 2 heterocycles. The summed E-state index contributed by atoms with van der Waals surface area (Å²) in [7, 11) is 0. The number of carboxylic acids is 1. The number of ketones is 1. The molecule has 0 radical (unpaired) electrons. The van der Waals surface area contributed by atoms with Crippen LogP contribution in [0.4, 0.5) is 0 Å². The largest absolute Gasteiger partial charge is 0.477 e. The van der Waals surface area contributed by atoms with Gasteiger partial charge in [0, 0.05) is 23.3 Å². The van der Waals surface area contributed by atoms with Crippen LogP contribution >= 0.6 is 11.3 Å². The van der Waals surface area contributed by atoms with Crippen LogP contribution in [0, 0.1) is 0 Å². The molecule has 2 unspecified atom stereocenters. The summed E-state index contributed by atoms with van der Waals surface area (Å²) in [6.45, 7) is 2.45. The van der Waals surface area contributed by atoms with Gasteiger partial charge in [-0.1, -0.05) is 44.0 Å². The Hall–Kier alpha value is -2.51. The third-order valence-electron chi connectivity index (χ3n) is 5.19. The Balaban J connectivity index is 1.75. The van der Waals surface area contributed by atoms with Gasteiger partial charge in [-0.25, -0.2) is 4.79 Å². The van der Waals surface area contributed by atoms with E-state index in [9.17, 15) is 19.5 Å². The van der Waals surface area contributed by atoms with Gasteiger partial charge >= 0.3 is 5.97 Å². The van der Waals surface area contributed by atoms with Crippen molar-refractivity contribution in [1.82, 2.24) is 5.32 Å². The van der Waals surface area contributed by atoms with Crippen molar-refractivity contribution in [1.29, 1.82) is 0 Å². The van der Waals surface area contributed by atoms with Gasteiger partial charge < -0.3 is 15.2 Å². The molecule has 0 bridgehead atoms. The molecule has 3 rings (SSSR count). The van der Waals surface area contributed by atoms with E-state index >= 15 is 0 Å². The summed E-state index contributed by atoms with van der Waals surface area (Å²) in [6.07, 6.45) is 4.32. The van der Waals surface area contributed by atoms with Gasteiger partial charge in [0.15, 0.2) is 5.78 Å². The number of aromatic carboxylic acids is 1. The van der Waals surface area contributed by atoms with Gasteiger partial charge in [-0.15, -0.1) is 11.3 Å². The summed E-state index contributed by atoms with van der Waals surface area (Å²) in [6, 6.07) is 10.6. The Morgan fingerprint density at radius 1 is 1.20 bits per heavy atom. The fraction of sp³-hybridized carbons (Fsp3) is 0.435. The van der Waals surface area contributed by atoms with Crippen LogP contribution in [-0.2, 0) is 9.53 Å². The Kier molecular flexibility index (Phi) is 7.76. The van der Waals surface area contributed by atoms with Crippen LogP contribution < -0.4 is 5.32 Å². The van der Waals surface area contributed by atoms with Gasteiger partial charge in [-0.05, 0) is 30.5 Å². The van der Waals surface area contributed by atoms with E-state index in [2.05, 4.69) is 12.2 Å². The number of Topliss-reactive ketones (excluding diaryl/α,β-unsaturated/α-hetero) is 1. The lowest BCUT2D eigenvalue weighted by atomic mass is 10.0. The molecule has 2 atom stereocenters. The molecule has 1 aliphatic heterocycles. The van der Waals surface area contributed by atoms with Crippen LogP contribution in [0.5, 0.6) is 0 Å². The molecule has 1 aromatic heterocycles. The van der Waals surface area contributed by atoms with Crippen LogP contribution in [-0.4, -0.2) is 35.4 Å². The van der Waals surface area contributed by atoms with Crippen LogP contribution in [0.1, 0.15) is 82.0 Å². The number of ether oxygens (including phenoxy) is 1. The minimum Gasteiger partial charge on any atom is -0.477 e. The van der Waals surface area contributed by atoms with E-state index in [0.717, 1.165) is 36.1 Å². The first-order valence-corrected chi connectivity index (χ1v) is 11.2. The molecule has 2 N–H and O–H groups in total. The second-order valence-electron chi connectivity index (χ2n) is 7.53. The third kappa shape index (κ3) is 5.77. The first-order chi connectivity index (χ1) is 14.5. The van der Waals surface area contributed by atoms with Crippen molar-refractivity contribution >= 4 is 29.0 Å². The SMILES string of the molecule is CCCCCC(=O)c1ccc(C(OCC2CCC(=O)N2)c2ccc(C(=O)O)s2)cc1. The predicted octanol–water partition coefficient (Wildman–Crippen LogP) is 4.59. The normalized spacial score (nSPS) is 17.0. The summed E-state index contributed by atoms with van der Waals surface area (Å²) in [5, 5.41) is 12.1. The molecule has 1 aromatic carbocycles. The fourth-order valence-electron chi connectivity index (χ4n) is 3.49. The molecule has 1 saturated heterocycles. The molecule has 0 aliphatic carbocycles. The molecule has 1 amide bonds. The van der Waals surface area contributed by atoms with Crippen LogP contribution in [0.25, 0.3) is 0 Å². The van der Waals surface area contributed by atoms with Crippen molar-refractivity contribution in [3.63, 3.8) is 0 Å². The Bertz CT molecular complexity index is 889. The van der Waals surface area contributed by atoms with Gasteiger partial charge in [-0.3, -0.25) is 9.59 Å². The number of thiophene rings is 1. The average molecular weight is 430 g/mol. The quantitative estimate of drug-likeness (QED) is 0.402. The van der Waals surface area contributed by atoms with E-state index in [1.54, 1.807) is 12.1 Å². The number of hydrogen-bond donors (Lipinski definition) is 2. The van der Waals surface area contributed by atoms with E-state index in [-0.39, 0.29) is 22.6 Å². The minimum absolute atomic E-state index is 0.0235. The number of rotatable bonds is 11. The summed E-state index contributed by atoms with van der Waals surface area (Å²) in [5.41, 5.74) is 1.53. The Labute approximate surface area is 180 Å². The van der Waals surface area contributed by atoms with E-state index < -0.39 is 12.1 Å². The van der Waals surface area contributed by atoms with Crippen LogP contribution in [0.2, 0.25) is 0 Å². The molecule has 7 heteroatoms. The lowest BCUT2D eigenvalue weighted by Crippen LogP contribution is -2.30. The molecule has 30 heavy (non-hydrogen) atoms. The molecule has 0 spiro atoms. The smallest absolute Gasteiger partial charge is 0.345 e. The number of amides is 1. The van der Waals surface area contributed by atoms with Gasteiger partial charge in [0.05, 0.1) is 12.6 Å². The van der Waals surface area contributed by atoms with Crippen molar-refractivity contribution in [3.05, 3.63) is 57.3 Å². The molecule has 0 saturated carbocycles. The summed E-state index contributed by atoms with van der Waals surface area (Å²) >= 11 is 1.17. The number of nitrogens with one attached hydrogen (secondary N) is 1. The van der Waals surface area contributed by atoms with Crippen molar-refractivity contribution in [2.45, 2.75) is 57.6 Å². The zero-order valence-electron chi connectivity index (χ0n) is 17.1. The number of carbonyl (C=O) groups excluding carboxylic acids is 2. The Morgan fingerprint density at radius 2 is 1.97 bits per heavy atom. The number of hydrogen-bond acceptors (Lipinski definition) is 5. The molecular formula is C23H27NO5S. The molecule has 1 fully saturated rings. The second kappa shape index (κ2) is 10.5. The third-order valence-corrected chi connectivity index (χ3v) is 6.30. The van der Waals surface area contributed by atoms with E-state index in [4.69, 9.17) is 4.74 Å². The molecule has 1 aliphatic rings. The topological polar surface area (TPSA) is 92.7 Å².